The van der Waals surface area contributed by atoms with Gasteiger partial charge in [-0.2, -0.15) is 0 Å². The Kier molecular flexibility index (Phi) is 7.11. The standard InChI is InChI=1S/C15H31N/c1-4-6-7-11-15(16-3)14-10-8-9-13(5-2)12-14/h13-16H,4-12H2,1-3H3. The van der Waals surface area contributed by atoms with Crippen molar-refractivity contribution in [1.82, 2.24) is 5.32 Å². The summed E-state index contributed by atoms with van der Waals surface area (Å²) in [6.07, 6.45) is 12.8. The first-order chi connectivity index (χ1) is 7.81. The van der Waals surface area contributed by atoms with E-state index in [0.717, 1.165) is 17.9 Å². The lowest BCUT2D eigenvalue weighted by Gasteiger charge is -2.34. The van der Waals surface area contributed by atoms with Gasteiger partial charge in [0.05, 0.1) is 0 Å². The molecule has 1 saturated carbocycles. The molecule has 1 fully saturated rings. The zero-order valence-corrected chi connectivity index (χ0v) is 11.6. The fourth-order valence-corrected chi connectivity index (χ4v) is 3.30. The van der Waals surface area contributed by atoms with Gasteiger partial charge in [0.25, 0.3) is 0 Å². The van der Waals surface area contributed by atoms with Gasteiger partial charge < -0.3 is 5.32 Å². The van der Waals surface area contributed by atoms with Gasteiger partial charge in [-0.25, -0.2) is 0 Å². The van der Waals surface area contributed by atoms with E-state index in [1.54, 1.807) is 0 Å². The van der Waals surface area contributed by atoms with Crippen LogP contribution in [0.3, 0.4) is 0 Å². The second-order valence-electron chi connectivity index (χ2n) is 5.59. The minimum Gasteiger partial charge on any atom is -0.317 e. The van der Waals surface area contributed by atoms with Crippen LogP contribution in [0.1, 0.15) is 71.6 Å². The summed E-state index contributed by atoms with van der Waals surface area (Å²) in [6.45, 7) is 4.65. The predicted molar refractivity (Wildman–Crippen MR) is 72.7 cm³/mol. The minimum atomic E-state index is 0.792. The smallest absolute Gasteiger partial charge is 0.00924 e. The second-order valence-corrected chi connectivity index (χ2v) is 5.59. The van der Waals surface area contributed by atoms with Gasteiger partial charge in [-0.05, 0) is 38.1 Å². The largest absolute Gasteiger partial charge is 0.317 e. The molecule has 0 bridgehead atoms. The quantitative estimate of drug-likeness (QED) is 0.634. The molecule has 1 rings (SSSR count). The van der Waals surface area contributed by atoms with Gasteiger partial charge in [-0.3, -0.25) is 0 Å². The Labute approximate surface area is 102 Å². The molecule has 3 atom stereocenters. The van der Waals surface area contributed by atoms with E-state index >= 15 is 0 Å². The number of hydrogen-bond donors (Lipinski definition) is 1. The molecule has 3 unspecified atom stereocenters. The van der Waals surface area contributed by atoms with Gasteiger partial charge in [0, 0.05) is 6.04 Å². The SMILES string of the molecule is CCCCCC(NC)C1CCCC(CC)C1. The van der Waals surface area contributed by atoms with Crippen LogP contribution in [0.2, 0.25) is 0 Å². The summed E-state index contributed by atoms with van der Waals surface area (Å²) < 4.78 is 0. The molecule has 1 aliphatic rings. The van der Waals surface area contributed by atoms with Gasteiger partial charge in [0.15, 0.2) is 0 Å². The second kappa shape index (κ2) is 8.11. The van der Waals surface area contributed by atoms with Crippen molar-refractivity contribution in [3.8, 4) is 0 Å². The summed E-state index contributed by atoms with van der Waals surface area (Å²) in [5.74, 6) is 1.97. The highest BCUT2D eigenvalue weighted by atomic mass is 14.9. The molecular formula is C15H31N. The molecule has 0 heterocycles. The summed E-state index contributed by atoms with van der Waals surface area (Å²) in [7, 11) is 2.16. The average molecular weight is 225 g/mol. The predicted octanol–water partition coefficient (Wildman–Crippen LogP) is 4.37. The van der Waals surface area contributed by atoms with Crippen LogP contribution >= 0.6 is 0 Å². The van der Waals surface area contributed by atoms with E-state index in [4.69, 9.17) is 0 Å². The first-order valence-electron chi connectivity index (χ1n) is 7.49. The zero-order valence-electron chi connectivity index (χ0n) is 11.6. The summed E-state index contributed by atoms with van der Waals surface area (Å²) in [6, 6.07) is 0.792. The van der Waals surface area contributed by atoms with E-state index in [0.29, 0.717) is 0 Å². The summed E-state index contributed by atoms with van der Waals surface area (Å²) >= 11 is 0. The molecule has 0 aromatic rings. The van der Waals surface area contributed by atoms with Crippen molar-refractivity contribution in [2.45, 2.75) is 77.7 Å². The monoisotopic (exact) mass is 225 g/mol. The van der Waals surface area contributed by atoms with E-state index in [1.807, 2.05) is 0 Å². The van der Waals surface area contributed by atoms with Crippen LogP contribution in [-0.2, 0) is 0 Å². The van der Waals surface area contributed by atoms with Crippen molar-refractivity contribution in [3.63, 3.8) is 0 Å². The van der Waals surface area contributed by atoms with Crippen LogP contribution in [0.15, 0.2) is 0 Å². The Balaban J connectivity index is 2.32. The first kappa shape index (κ1) is 14.0. The van der Waals surface area contributed by atoms with Gasteiger partial charge in [0.2, 0.25) is 0 Å². The molecule has 0 saturated heterocycles. The molecular weight excluding hydrogens is 194 g/mol. The minimum absolute atomic E-state index is 0.792. The van der Waals surface area contributed by atoms with Gasteiger partial charge >= 0.3 is 0 Å². The normalized spacial score (nSPS) is 27.9. The lowest BCUT2D eigenvalue weighted by atomic mass is 9.76. The lowest BCUT2D eigenvalue weighted by Crippen LogP contribution is -2.36. The molecule has 0 amide bonds. The summed E-state index contributed by atoms with van der Waals surface area (Å²) in [5.41, 5.74) is 0. The topological polar surface area (TPSA) is 12.0 Å². The maximum absolute atomic E-state index is 3.58. The van der Waals surface area contributed by atoms with Crippen LogP contribution in [0.4, 0.5) is 0 Å². The van der Waals surface area contributed by atoms with Crippen LogP contribution in [0.25, 0.3) is 0 Å². The Bertz CT molecular complexity index is 167. The highest BCUT2D eigenvalue weighted by molar-refractivity contribution is 4.81. The molecule has 96 valence electrons. The molecule has 0 radical (unpaired) electrons. The fraction of sp³-hybridized carbons (Fsp3) is 1.00. The fourth-order valence-electron chi connectivity index (χ4n) is 3.30. The van der Waals surface area contributed by atoms with Crippen molar-refractivity contribution in [1.29, 1.82) is 0 Å². The lowest BCUT2D eigenvalue weighted by molar-refractivity contribution is 0.205. The van der Waals surface area contributed by atoms with Gasteiger partial charge in [-0.1, -0.05) is 52.4 Å². The van der Waals surface area contributed by atoms with E-state index in [9.17, 15) is 0 Å². The van der Waals surface area contributed by atoms with Gasteiger partial charge in [-0.15, -0.1) is 0 Å². The Morgan fingerprint density at radius 3 is 2.62 bits per heavy atom. The van der Waals surface area contributed by atoms with Crippen LogP contribution in [-0.4, -0.2) is 13.1 Å². The van der Waals surface area contributed by atoms with E-state index in [-0.39, 0.29) is 0 Å². The summed E-state index contributed by atoms with van der Waals surface area (Å²) in [4.78, 5) is 0. The van der Waals surface area contributed by atoms with Crippen LogP contribution in [0, 0.1) is 11.8 Å². The highest BCUT2D eigenvalue weighted by Crippen LogP contribution is 2.34. The third kappa shape index (κ3) is 4.45. The maximum atomic E-state index is 3.58. The van der Waals surface area contributed by atoms with E-state index in [1.165, 1.54) is 57.8 Å². The van der Waals surface area contributed by atoms with Crippen LogP contribution < -0.4 is 5.32 Å². The molecule has 16 heavy (non-hydrogen) atoms. The van der Waals surface area contributed by atoms with E-state index < -0.39 is 0 Å². The number of nitrogens with one attached hydrogen (secondary N) is 1. The molecule has 1 aliphatic carbocycles. The highest BCUT2D eigenvalue weighted by Gasteiger charge is 2.26. The number of unbranched alkanes of at least 4 members (excludes halogenated alkanes) is 2. The molecule has 0 aliphatic heterocycles. The molecule has 1 heteroatoms. The Morgan fingerprint density at radius 1 is 1.19 bits per heavy atom. The van der Waals surface area contributed by atoms with Crippen LogP contribution in [0.5, 0.6) is 0 Å². The van der Waals surface area contributed by atoms with Crippen molar-refractivity contribution >= 4 is 0 Å². The third-order valence-corrected chi connectivity index (χ3v) is 4.46. The molecule has 1 N–H and O–H groups in total. The van der Waals surface area contributed by atoms with Crippen molar-refractivity contribution in [2.24, 2.45) is 11.8 Å². The number of rotatable bonds is 7. The molecule has 0 aromatic carbocycles. The number of hydrogen-bond acceptors (Lipinski definition) is 1. The molecule has 0 spiro atoms. The zero-order chi connectivity index (χ0) is 11.8. The van der Waals surface area contributed by atoms with Crippen molar-refractivity contribution < 1.29 is 0 Å². The average Bonchev–Trinajstić information content (AvgIpc) is 2.35. The van der Waals surface area contributed by atoms with Crippen molar-refractivity contribution in [2.75, 3.05) is 7.05 Å². The summed E-state index contributed by atoms with van der Waals surface area (Å²) in [5, 5.41) is 3.58. The third-order valence-electron chi connectivity index (χ3n) is 4.46. The first-order valence-corrected chi connectivity index (χ1v) is 7.49. The van der Waals surface area contributed by atoms with E-state index in [2.05, 4.69) is 26.2 Å². The Hall–Kier alpha value is -0.0400. The molecule has 1 nitrogen and oxygen atoms in total. The van der Waals surface area contributed by atoms with Gasteiger partial charge in [0.1, 0.15) is 0 Å². The van der Waals surface area contributed by atoms with Crippen molar-refractivity contribution in [3.05, 3.63) is 0 Å². The Morgan fingerprint density at radius 2 is 2.00 bits per heavy atom. The molecule has 0 aromatic heterocycles. The maximum Gasteiger partial charge on any atom is 0.00924 e.